The maximum atomic E-state index is 12.7. The standard InChI is InChI=1S/C19H22N2O4S2/c1-26-13-14-5-4-6-15(11-14)19(23)20-17-12-16(7-8-18(17)22)27(24,25)21-9-2-3-10-21/h4-8,11-12,22H,2-3,9-10,13H2,1H3,(H,20,23). The Morgan fingerprint density at radius 3 is 2.63 bits per heavy atom. The molecular weight excluding hydrogens is 384 g/mol. The van der Waals surface area contributed by atoms with E-state index in [9.17, 15) is 18.3 Å². The Morgan fingerprint density at radius 1 is 1.19 bits per heavy atom. The lowest BCUT2D eigenvalue weighted by atomic mass is 10.1. The quantitative estimate of drug-likeness (QED) is 0.719. The molecule has 8 heteroatoms. The van der Waals surface area contributed by atoms with E-state index in [4.69, 9.17) is 0 Å². The molecule has 6 nitrogen and oxygen atoms in total. The average molecular weight is 407 g/mol. The van der Waals surface area contributed by atoms with Crippen molar-refractivity contribution >= 4 is 33.4 Å². The highest BCUT2D eigenvalue weighted by Gasteiger charge is 2.28. The predicted octanol–water partition coefficient (Wildman–Crippen LogP) is 3.29. The fraction of sp³-hybridized carbons (Fsp3) is 0.316. The van der Waals surface area contributed by atoms with Crippen molar-refractivity contribution in [3.8, 4) is 5.75 Å². The highest BCUT2D eigenvalue weighted by molar-refractivity contribution is 7.97. The van der Waals surface area contributed by atoms with Gasteiger partial charge in [-0.15, -0.1) is 0 Å². The third kappa shape index (κ3) is 4.45. The topological polar surface area (TPSA) is 86.7 Å². The summed E-state index contributed by atoms with van der Waals surface area (Å²) >= 11 is 1.66. The average Bonchev–Trinajstić information content (AvgIpc) is 3.19. The smallest absolute Gasteiger partial charge is 0.255 e. The summed E-state index contributed by atoms with van der Waals surface area (Å²) in [7, 11) is -3.62. The number of hydrogen-bond donors (Lipinski definition) is 2. The zero-order valence-electron chi connectivity index (χ0n) is 15.0. The van der Waals surface area contributed by atoms with E-state index in [-0.39, 0.29) is 16.3 Å². The highest BCUT2D eigenvalue weighted by Crippen LogP contribution is 2.29. The molecule has 2 aromatic carbocycles. The molecule has 0 aromatic heterocycles. The predicted molar refractivity (Wildman–Crippen MR) is 108 cm³/mol. The number of phenolic OH excluding ortho intramolecular Hbond substituents is 1. The third-order valence-corrected chi connectivity index (χ3v) is 6.94. The molecule has 0 radical (unpaired) electrons. The van der Waals surface area contributed by atoms with Crippen molar-refractivity contribution in [2.24, 2.45) is 0 Å². The second-order valence-electron chi connectivity index (χ2n) is 6.38. The van der Waals surface area contributed by atoms with E-state index in [2.05, 4.69) is 5.32 Å². The molecule has 1 amide bonds. The molecule has 0 bridgehead atoms. The highest BCUT2D eigenvalue weighted by atomic mass is 32.2. The number of aromatic hydroxyl groups is 1. The van der Waals surface area contributed by atoms with Gasteiger partial charge in [0.1, 0.15) is 5.75 Å². The number of rotatable bonds is 6. The Morgan fingerprint density at radius 2 is 1.93 bits per heavy atom. The summed E-state index contributed by atoms with van der Waals surface area (Å²) in [6.45, 7) is 0.986. The first kappa shape index (κ1) is 19.7. The molecule has 144 valence electrons. The number of hydrogen-bond acceptors (Lipinski definition) is 5. The van der Waals surface area contributed by atoms with Gasteiger partial charge in [-0.25, -0.2) is 8.42 Å². The largest absolute Gasteiger partial charge is 0.506 e. The van der Waals surface area contributed by atoms with Crippen LogP contribution in [0.25, 0.3) is 0 Å². The summed E-state index contributed by atoms with van der Waals surface area (Å²) in [5.74, 6) is 0.212. The third-order valence-electron chi connectivity index (χ3n) is 4.42. The van der Waals surface area contributed by atoms with E-state index in [1.54, 1.807) is 30.0 Å². The number of carbonyl (C=O) groups excluding carboxylic acids is 1. The van der Waals surface area contributed by atoms with Gasteiger partial charge in [-0.2, -0.15) is 16.1 Å². The molecule has 1 aliphatic heterocycles. The van der Waals surface area contributed by atoms with Gasteiger partial charge < -0.3 is 10.4 Å². The molecule has 0 spiro atoms. The first-order chi connectivity index (χ1) is 12.9. The Labute approximate surface area is 163 Å². The minimum atomic E-state index is -3.62. The van der Waals surface area contributed by atoms with E-state index in [0.29, 0.717) is 18.7 Å². The van der Waals surface area contributed by atoms with Crippen LogP contribution in [0.3, 0.4) is 0 Å². The number of nitrogens with zero attached hydrogens (tertiary/aromatic N) is 1. The molecule has 0 atom stereocenters. The van der Waals surface area contributed by atoms with Crippen LogP contribution in [0.1, 0.15) is 28.8 Å². The second-order valence-corrected chi connectivity index (χ2v) is 9.18. The van der Waals surface area contributed by atoms with Gasteiger partial charge in [0.15, 0.2) is 0 Å². The van der Waals surface area contributed by atoms with Gasteiger partial charge in [-0.3, -0.25) is 4.79 Å². The van der Waals surface area contributed by atoms with Crippen molar-refractivity contribution in [1.29, 1.82) is 0 Å². The number of benzene rings is 2. The van der Waals surface area contributed by atoms with Crippen LogP contribution in [0.4, 0.5) is 5.69 Å². The van der Waals surface area contributed by atoms with Crippen LogP contribution in [-0.4, -0.2) is 43.1 Å². The number of thioether (sulfide) groups is 1. The Hall–Kier alpha value is -2.03. The maximum Gasteiger partial charge on any atom is 0.255 e. The van der Waals surface area contributed by atoms with Gasteiger partial charge in [-0.1, -0.05) is 12.1 Å². The molecular formula is C19H22N2O4S2. The van der Waals surface area contributed by atoms with Gasteiger partial charge in [0.05, 0.1) is 10.6 Å². The van der Waals surface area contributed by atoms with E-state index in [1.165, 1.54) is 22.5 Å². The number of nitrogens with one attached hydrogen (secondary N) is 1. The van der Waals surface area contributed by atoms with Gasteiger partial charge in [0, 0.05) is 24.4 Å². The molecule has 2 aromatic rings. The van der Waals surface area contributed by atoms with Crippen molar-refractivity contribution in [1.82, 2.24) is 4.31 Å². The maximum absolute atomic E-state index is 12.7. The lowest BCUT2D eigenvalue weighted by Crippen LogP contribution is -2.28. The first-order valence-corrected chi connectivity index (χ1v) is 11.5. The molecule has 1 saturated heterocycles. The van der Waals surface area contributed by atoms with Gasteiger partial charge in [0.25, 0.3) is 5.91 Å². The van der Waals surface area contributed by atoms with Gasteiger partial charge in [-0.05, 0) is 55.0 Å². The summed E-state index contributed by atoms with van der Waals surface area (Å²) in [6, 6.07) is 11.2. The normalized spacial score (nSPS) is 15.0. The van der Waals surface area contributed by atoms with Crippen LogP contribution >= 0.6 is 11.8 Å². The van der Waals surface area contributed by atoms with Gasteiger partial charge in [0.2, 0.25) is 10.0 Å². The molecule has 0 aliphatic carbocycles. The Kier molecular flexibility index (Phi) is 6.08. The summed E-state index contributed by atoms with van der Waals surface area (Å²) in [6.07, 6.45) is 3.66. The summed E-state index contributed by atoms with van der Waals surface area (Å²) in [5.41, 5.74) is 1.55. The zero-order chi connectivity index (χ0) is 19.4. The van der Waals surface area contributed by atoms with Crippen molar-refractivity contribution in [2.75, 3.05) is 24.7 Å². The van der Waals surface area contributed by atoms with Crippen LogP contribution in [-0.2, 0) is 15.8 Å². The Balaban J connectivity index is 1.84. The molecule has 1 heterocycles. The van der Waals surface area contributed by atoms with Crippen LogP contribution < -0.4 is 5.32 Å². The lowest BCUT2D eigenvalue weighted by Gasteiger charge is -2.17. The summed E-state index contributed by atoms with van der Waals surface area (Å²) in [4.78, 5) is 12.6. The molecule has 0 saturated carbocycles. The number of phenols is 1. The molecule has 0 unspecified atom stereocenters. The molecule has 27 heavy (non-hydrogen) atoms. The molecule has 1 fully saturated rings. The van der Waals surface area contributed by atoms with Crippen LogP contribution in [0.15, 0.2) is 47.4 Å². The zero-order valence-corrected chi connectivity index (χ0v) is 16.6. The minimum absolute atomic E-state index is 0.0635. The van der Waals surface area contributed by atoms with Crippen molar-refractivity contribution in [2.45, 2.75) is 23.5 Å². The van der Waals surface area contributed by atoms with E-state index < -0.39 is 15.9 Å². The van der Waals surface area contributed by atoms with Crippen molar-refractivity contribution in [3.63, 3.8) is 0 Å². The fourth-order valence-corrected chi connectivity index (χ4v) is 5.07. The van der Waals surface area contributed by atoms with E-state index in [0.717, 1.165) is 24.2 Å². The van der Waals surface area contributed by atoms with Crippen LogP contribution in [0, 0.1) is 0 Å². The van der Waals surface area contributed by atoms with Crippen LogP contribution in [0.5, 0.6) is 5.75 Å². The van der Waals surface area contributed by atoms with E-state index >= 15 is 0 Å². The molecule has 1 aliphatic rings. The number of anilines is 1. The van der Waals surface area contributed by atoms with Crippen molar-refractivity contribution in [3.05, 3.63) is 53.6 Å². The summed E-state index contributed by atoms with van der Waals surface area (Å²) in [5, 5.41) is 12.7. The first-order valence-electron chi connectivity index (χ1n) is 8.64. The SMILES string of the molecule is CSCc1cccc(C(=O)Nc2cc(S(=O)(=O)N3CCCC3)ccc2O)c1. The van der Waals surface area contributed by atoms with Gasteiger partial charge >= 0.3 is 0 Å². The number of amides is 1. The number of carbonyl (C=O) groups is 1. The monoisotopic (exact) mass is 406 g/mol. The Bertz CT molecular complexity index is 938. The molecule has 2 N–H and O–H groups in total. The number of sulfonamides is 1. The lowest BCUT2D eigenvalue weighted by molar-refractivity contribution is 0.102. The molecule has 3 rings (SSSR count). The van der Waals surface area contributed by atoms with E-state index in [1.807, 2.05) is 12.3 Å². The fourth-order valence-electron chi connectivity index (χ4n) is 3.02. The minimum Gasteiger partial charge on any atom is -0.506 e. The van der Waals surface area contributed by atoms with Crippen LogP contribution in [0.2, 0.25) is 0 Å². The second kappa shape index (κ2) is 8.33. The van der Waals surface area contributed by atoms with Crippen molar-refractivity contribution < 1.29 is 18.3 Å². The summed E-state index contributed by atoms with van der Waals surface area (Å²) < 4.78 is 26.8.